The SMILES string of the molecule is O=C1NC(=O)N(c2cccc(Cl)c2)C(=O)C1=Cc1ccc(O)cc1. The maximum absolute atomic E-state index is 12.6. The number of phenolic OH excluding ortho intramolecular Hbond substituents is 1. The third-order valence-electron chi connectivity index (χ3n) is 3.37. The van der Waals surface area contributed by atoms with Crippen LogP contribution < -0.4 is 10.2 Å². The van der Waals surface area contributed by atoms with E-state index in [1.165, 1.54) is 30.3 Å². The molecule has 2 aromatic rings. The van der Waals surface area contributed by atoms with E-state index in [9.17, 15) is 19.5 Å². The van der Waals surface area contributed by atoms with Crippen LogP contribution in [-0.2, 0) is 9.59 Å². The number of imide groups is 2. The van der Waals surface area contributed by atoms with E-state index in [0.717, 1.165) is 4.90 Å². The Morgan fingerprint density at radius 1 is 1.04 bits per heavy atom. The number of aromatic hydroxyl groups is 1. The van der Waals surface area contributed by atoms with Gasteiger partial charge in [-0.15, -0.1) is 0 Å². The van der Waals surface area contributed by atoms with Crippen molar-refractivity contribution in [3.63, 3.8) is 0 Å². The molecule has 0 bridgehead atoms. The molecule has 4 amide bonds. The summed E-state index contributed by atoms with van der Waals surface area (Å²) in [6.07, 6.45) is 1.35. The van der Waals surface area contributed by atoms with Gasteiger partial charge in [-0.05, 0) is 42.0 Å². The second-order valence-electron chi connectivity index (χ2n) is 5.03. The summed E-state index contributed by atoms with van der Waals surface area (Å²) in [6.45, 7) is 0. The number of nitrogens with one attached hydrogen (secondary N) is 1. The van der Waals surface area contributed by atoms with Gasteiger partial charge in [0.05, 0.1) is 5.69 Å². The highest BCUT2D eigenvalue weighted by Gasteiger charge is 2.36. The first-order valence-corrected chi connectivity index (χ1v) is 7.29. The van der Waals surface area contributed by atoms with E-state index < -0.39 is 17.8 Å². The zero-order valence-electron chi connectivity index (χ0n) is 12.2. The minimum atomic E-state index is -0.838. The predicted octanol–water partition coefficient (Wildman–Crippen LogP) is 2.71. The fourth-order valence-corrected chi connectivity index (χ4v) is 2.43. The quantitative estimate of drug-likeness (QED) is 0.649. The fourth-order valence-electron chi connectivity index (χ4n) is 2.24. The topological polar surface area (TPSA) is 86.7 Å². The van der Waals surface area contributed by atoms with Crippen molar-refractivity contribution in [3.05, 3.63) is 64.7 Å². The van der Waals surface area contributed by atoms with Gasteiger partial charge in [0.2, 0.25) is 0 Å². The highest BCUT2D eigenvalue weighted by Crippen LogP contribution is 2.24. The Labute approximate surface area is 142 Å². The van der Waals surface area contributed by atoms with Gasteiger partial charge in [-0.25, -0.2) is 9.69 Å². The first-order valence-electron chi connectivity index (χ1n) is 6.92. The Balaban J connectivity index is 2.01. The number of anilines is 1. The van der Waals surface area contributed by atoms with Crippen LogP contribution in [0.5, 0.6) is 5.75 Å². The Kier molecular flexibility index (Phi) is 4.05. The van der Waals surface area contributed by atoms with E-state index in [1.54, 1.807) is 24.3 Å². The molecule has 7 heteroatoms. The van der Waals surface area contributed by atoms with Crippen LogP contribution >= 0.6 is 11.6 Å². The van der Waals surface area contributed by atoms with E-state index in [0.29, 0.717) is 10.6 Å². The summed E-state index contributed by atoms with van der Waals surface area (Å²) < 4.78 is 0. The van der Waals surface area contributed by atoms with Crippen molar-refractivity contribution in [1.29, 1.82) is 0 Å². The number of hydrogen-bond acceptors (Lipinski definition) is 4. The van der Waals surface area contributed by atoms with E-state index in [-0.39, 0.29) is 17.0 Å². The van der Waals surface area contributed by atoms with Gasteiger partial charge in [0, 0.05) is 5.02 Å². The van der Waals surface area contributed by atoms with Crippen LogP contribution in [-0.4, -0.2) is 23.0 Å². The number of rotatable bonds is 2. The Morgan fingerprint density at radius 3 is 2.42 bits per heavy atom. The lowest BCUT2D eigenvalue weighted by atomic mass is 10.1. The maximum atomic E-state index is 12.6. The molecule has 1 saturated heterocycles. The summed E-state index contributed by atoms with van der Waals surface area (Å²) in [5, 5.41) is 11.8. The average Bonchev–Trinajstić information content (AvgIpc) is 2.53. The molecule has 0 unspecified atom stereocenters. The number of hydrogen-bond donors (Lipinski definition) is 2. The molecular formula is C17H11ClN2O4. The van der Waals surface area contributed by atoms with Crippen molar-refractivity contribution in [1.82, 2.24) is 5.32 Å². The number of urea groups is 1. The van der Waals surface area contributed by atoms with Gasteiger partial charge in [0.15, 0.2) is 0 Å². The van der Waals surface area contributed by atoms with Crippen LogP contribution in [0.4, 0.5) is 10.5 Å². The van der Waals surface area contributed by atoms with Crippen LogP contribution in [0.3, 0.4) is 0 Å². The van der Waals surface area contributed by atoms with Crippen molar-refractivity contribution in [2.75, 3.05) is 4.90 Å². The number of nitrogens with zero attached hydrogens (tertiary/aromatic N) is 1. The molecule has 3 rings (SSSR count). The Hall–Kier alpha value is -3.12. The van der Waals surface area contributed by atoms with E-state index in [4.69, 9.17) is 11.6 Å². The summed E-state index contributed by atoms with van der Waals surface area (Å²) in [7, 11) is 0. The molecule has 0 radical (unpaired) electrons. The summed E-state index contributed by atoms with van der Waals surface area (Å²) in [6, 6.07) is 11.3. The van der Waals surface area contributed by atoms with E-state index in [1.807, 2.05) is 0 Å². The number of halogens is 1. The monoisotopic (exact) mass is 342 g/mol. The Bertz CT molecular complexity index is 874. The molecule has 24 heavy (non-hydrogen) atoms. The average molecular weight is 343 g/mol. The zero-order valence-corrected chi connectivity index (χ0v) is 12.9. The number of amides is 4. The normalized spacial score (nSPS) is 16.5. The summed E-state index contributed by atoms with van der Waals surface area (Å²) >= 11 is 5.89. The standard InChI is InChI=1S/C17H11ClN2O4/c18-11-2-1-3-12(9-11)20-16(23)14(15(22)19-17(20)24)8-10-4-6-13(21)7-5-10/h1-9,21H,(H,19,22,24). The Morgan fingerprint density at radius 2 is 1.75 bits per heavy atom. The lowest BCUT2D eigenvalue weighted by Gasteiger charge is -2.26. The van der Waals surface area contributed by atoms with Crippen molar-refractivity contribution in [3.8, 4) is 5.75 Å². The second-order valence-corrected chi connectivity index (χ2v) is 5.47. The minimum absolute atomic E-state index is 0.0623. The van der Waals surface area contributed by atoms with Gasteiger partial charge >= 0.3 is 6.03 Å². The molecule has 0 saturated carbocycles. The highest BCUT2D eigenvalue weighted by atomic mass is 35.5. The van der Waals surface area contributed by atoms with Crippen LogP contribution in [0.2, 0.25) is 5.02 Å². The molecule has 0 aliphatic carbocycles. The minimum Gasteiger partial charge on any atom is -0.508 e. The number of phenols is 1. The predicted molar refractivity (Wildman–Crippen MR) is 88.6 cm³/mol. The maximum Gasteiger partial charge on any atom is 0.335 e. The molecule has 2 N–H and O–H groups in total. The van der Waals surface area contributed by atoms with Crippen molar-refractivity contribution >= 4 is 41.2 Å². The molecule has 0 spiro atoms. The third-order valence-corrected chi connectivity index (χ3v) is 3.61. The smallest absolute Gasteiger partial charge is 0.335 e. The largest absolute Gasteiger partial charge is 0.508 e. The van der Waals surface area contributed by atoms with Crippen LogP contribution in [0, 0.1) is 0 Å². The molecule has 1 aliphatic heterocycles. The van der Waals surface area contributed by atoms with Crippen LogP contribution in [0.25, 0.3) is 6.08 Å². The van der Waals surface area contributed by atoms with Gasteiger partial charge in [-0.3, -0.25) is 14.9 Å². The highest BCUT2D eigenvalue weighted by molar-refractivity contribution is 6.39. The number of carbonyl (C=O) groups is 3. The second kappa shape index (κ2) is 6.17. The molecule has 0 aromatic heterocycles. The summed E-state index contributed by atoms with van der Waals surface area (Å²) in [4.78, 5) is 37.5. The van der Waals surface area contributed by atoms with Crippen molar-refractivity contribution in [2.45, 2.75) is 0 Å². The first-order chi connectivity index (χ1) is 11.5. The molecular weight excluding hydrogens is 332 g/mol. The third kappa shape index (κ3) is 3.00. The summed E-state index contributed by atoms with van der Waals surface area (Å²) in [5.41, 5.74) is 0.598. The zero-order chi connectivity index (χ0) is 17.3. The molecule has 1 heterocycles. The van der Waals surface area contributed by atoms with Crippen LogP contribution in [0.1, 0.15) is 5.56 Å². The van der Waals surface area contributed by atoms with Crippen molar-refractivity contribution < 1.29 is 19.5 Å². The van der Waals surface area contributed by atoms with Gasteiger partial charge in [0.25, 0.3) is 11.8 Å². The number of carbonyl (C=O) groups excluding carboxylic acids is 3. The molecule has 1 fully saturated rings. The van der Waals surface area contributed by atoms with Crippen LogP contribution in [0.15, 0.2) is 54.1 Å². The van der Waals surface area contributed by atoms with E-state index in [2.05, 4.69) is 5.32 Å². The van der Waals surface area contributed by atoms with Crippen molar-refractivity contribution in [2.24, 2.45) is 0 Å². The molecule has 0 atom stereocenters. The van der Waals surface area contributed by atoms with E-state index >= 15 is 0 Å². The number of benzene rings is 2. The first kappa shape index (κ1) is 15.8. The lowest BCUT2D eigenvalue weighted by Crippen LogP contribution is -2.54. The molecule has 6 nitrogen and oxygen atoms in total. The van der Waals surface area contributed by atoms with Gasteiger partial charge in [-0.1, -0.05) is 29.8 Å². The van der Waals surface area contributed by atoms with Gasteiger partial charge in [-0.2, -0.15) is 0 Å². The fraction of sp³-hybridized carbons (Fsp3) is 0. The van der Waals surface area contributed by atoms with Gasteiger partial charge in [0.1, 0.15) is 11.3 Å². The molecule has 120 valence electrons. The summed E-state index contributed by atoms with van der Waals surface area (Å²) in [5.74, 6) is -1.47. The molecule has 2 aromatic carbocycles. The molecule has 1 aliphatic rings. The van der Waals surface area contributed by atoms with Gasteiger partial charge < -0.3 is 5.11 Å². The number of barbiturate groups is 1. The lowest BCUT2D eigenvalue weighted by molar-refractivity contribution is -0.122.